The second-order valence-corrected chi connectivity index (χ2v) is 4.59. The Morgan fingerprint density at radius 1 is 1.33 bits per heavy atom. The average molecular weight is 256 g/mol. The number of carboxylic acid groups (broad SMARTS) is 1. The maximum absolute atomic E-state index is 11.6. The van der Waals surface area contributed by atoms with Crippen LogP contribution in [0.5, 0.6) is 0 Å². The van der Waals surface area contributed by atoms with Gasteiger partial charge in [0.05, 0.1) is 0 Å². The second-order valence-electron chi connectivity index (χ2n) is 4.59. The molecule has 18 heavy (non-hydrogen) atoms. The lowest BCUT2D eigenvalue weighted by Crippen LogP contribution is -2.41. The summed E-state index contributed by atoms with van der Waals surface area (Å²) in [4.78, 5) is 32.6. The Hall–Kier alpha value is -1.39. The summed E-state index contributed by atoms with van der Waals surface area (Å²) in [6.07, 6.45) is 5.18. The molecule has 0 aliphatic rings. The minimum Gasteiger partial charge on any atom is -0.480 e. The molecule has 0 saturated heterocycles. The molecule has 2 atom stereocenters. The van der Waals surface area contributed by atoms with Crippen LogP contribution in [0.3, 0.4) is 0 Å². The summed E-state index contributed by atoms with van der Waals surface area (Å²) in [7, 11) is 0. The van der Waals surface area contributed by atoms with Crippen molar-refractivity contribution in [2.75, 3.05) is 0 Å². The molecule has 1 unspecified atom stereocenters. The van der Waals surface area contributed by atoms with Crippen molar-refractivity contribution in [3.05, 3.63) is 0 Å². The van der Waals surface area contributed by atoms with E-state index in [0.29, 0.717) is 6.42 Å². The number of carbonyl (C=O) groups is 2. The molecule has 103 valence electrons. The van der Waals surface area contributed by atoms with Crippen molar-refractivity contribution in [2.24, 2.45) is 5.92 Å². The molecule has 0 aromatic heterocycles. The standard InChI is InChI=1S/C13H22NO4/c1-3-4-6-10(2)9-12(16)14-11(13(17)18)7-5-8-15/h10-11H,3-7,9H2,1-2H3,(H,14,16)(H,17,18)/t10?,11-/m1/s1. The molecule has 1 radical (unpaired) electrons. The number of unbranched alkanes of at least 4 members (excludes halogenated alkanes) is 1. The molecule has 0 aromatic carbocycles. The lowest BCUT2D eigenvalue weighted by Gasteiger charge is -2.15. The van der Waals surface area contributed by atoms with Crippen molar-refractivity contribution < 1.29 is 19.5 Å². The highest BCUT2D eigenvalue weighted by molar-refractivity contribution is 5.83. The molecule has 5 nitrogen and oxygen atoms in total. The van der Waals surface area contributed by atoms with Crippen molar-refractivity contribution >= 4 is 18.2 Å². The first-order chi connectivity index (χ1) is 8.51. The Morgan fingerprint density at radius 2 is 2.00 bits per heavy atom. The minimum atomic E-state index is -1.11. The molecule has 2 N–H and O–H groups in total. The number of rotatable bonds is 10. The number of hydrogen-bond acceptors (Lipinski definition) is 3. The van der Waals surface area contributed by atoms with Crippen LogP contribution in [0.25, 0.3) is 0 Å². The third-order valence-corrected chi connectivity index (χ3v) is 2.75. The van der Waals surface area contributed by atoms with E-state index in [0.717, 1.165) is 19.3 Å². The van der Waals surface area contributed by atoms with Crippen molar-refractivity contribution in [3.8, 4) is 0 Å². The van der Waals surface area contributed by atoms with E-state index >= 15 is 0 Å². The van der Waals surface area contributed by atoms with E-state index in [-0.39, 0.29) is 24.7 Å². The van der Waals surface area contributed by atoms with E-state index in [1.807, 2.05) is 6.92 Å². The Morgan fingerprint density at radius 3 is 2.50 bits per heavy atom. The van der Waals surface area contributed by atoms with E-state index < -0.39 is 12.0 Å². The fourth-order valence-electron chi connectivity index (χ4n) is 1.69. The predicted molar refractivity (Wildman–Crippen MR) is 67.8 cm³/mol. The molecule has 0 aliphatic carbocycles. The molecule has 5 heteroatoms. The van der Waals surface area contributed by atoms with Crippen LogP contribution in [0.2, 0.25) is 0 Å². The van der Waals surface area contributed by atoms with Crippen molar-refractivity contribution in [1.29, 1.82) is 0 Å². The maximum Gasteiger partial charge on any atom is 0.326 e. The fourth-order valence-corrected chi connectivity index (χ4v) is 1.69. The lowest BCUT2D eigenvalue weighted by molar-refractivity contribution is -0.142. The molecule has 0 aromatic rings. The number of amides is 1. The van der Waals surface area contributed by atoms with Gasteiger partial charge in [-0.1, -0.05) is 33.1 Å². The highest BCUT2D eigenvalue weighted by atomic mass is 16.4. The molecule has 0 saturated carbocycles. The number of carbonyl (C=O) groups excluding carboxylic acids is 2. The lowest BCUT2D eigenvalue weighted by atomic mass is 10.00. The number of aliphatic carboxylic acids is 1. The van der Waals surface area contributed by atoms with Crippen LogP contribution in [0.15, 0.2) is 0 Å². The topological polar surface area (TPSA) is 83.5 Å². The van der Waals surface area contributed by atoms with E-state index in [9.17, 15) is 14.4 Å². The van der Waals surface area contributed by atoms with Gasteiger partial charge in [-0.2, -0.15) is 0 Å². The molecule has 0 bridgehead atoms. The van der Waals surface area contributed by atoms with Crippen LogP contribution in [0.1, 0.15) is 52.4 Å². The number of hydrogen-bond donors (Lipinski definition) is 2. The van der Waals surface area contributed by atoms with Gasteiger partial charge in [-0.3, -0.25) is 9.59 Å². The smallest absolute Gasteiger partial charge is 0.326 e. The van der Waals surface area contributed by atoms with Crippen LogP contribution in [-0.4, -0.2) is 29.3 Å². The molecular weight excluding hydrogens is 234 g/mol. The summed E-state index contributed by atoms with van der Waals surface area (Å²) in [5.74, 6) is -1.13. The molecule has 0 rings (SSSR count). The van der Waals surface area contributed by atoms with Crippen molar-refractivity contribution in [3.63, 3.8) is 0 Å². The van der Waals surface area contributed by atoms with Gasteiger partial charge in [-0.25, -0.2) is 4.79 Å². The Kier molecular flexibility index (Phi) is 8.88. The van der Waals surface area contributed by atoms with E-state index in [1.165, 1.54) is 0 Å². The third-order valence-electron chi connectivity index (χ3n) is 2.75. The summed E-state index contributed by atoms with van der Waals surface area (Å²) in [6, 6.07) is -0.989. The molecule has 0 spiro atoms. The Bertz CT molecular complexity index is 278. The first-order valence-corrected chi connectivity index (χ1v) is 6.38. The normalized spacial score (nSPS) is 13.7. The number of carboxylic acids is 1. The third kappa shape index (κ3) is 7.81. The summed E-state index contributed by atoms with van der Waals surface area (Å²) in [5.41, 5.74) is 0. The summed E-state index contributed by atoms with van der Waals surface area (Å²) < 4.78 is 0. The Labute approximate surface area is 108 Å². The van der Waals surface area contributed by atoms with E-state index in [2.05, 4.69) is 12.2 Å². The quantitative estimate of drug-likeness (QED) is 0.622. The summed E-state index contributed by atoms with van der Waals surface area (Å²) in [6.45, 7) is 4.06. The fraction of sp³-hybridized carbons (Fsp3) is 0.769. The molecule has 0 aliphatic heterocycles. The van der Waals surface area contributed by atoms with Gasteiger partial charge in [0.2, 0.25) is 5.91 Å². The van der Waals surface area contributed by atoms with Gasteiger partial charge in [-0.15, -0.1) is 0 Å². The number of nitrogens with one attached hydrogen (secondary N) is 1. The van der Waals surface area contributed by atoms with Crippen LogP contribution >= 0.6 is 0 Å². The van der Waals surface area contributed by atoms with Crippen LogP contribution in [0, 0.1) is 5.92 Å². The van der Waals surface area contributed by atoms with E-state index in [4.69, 9.17) is 5.11 Å². The molecule has 1 amide bonds. The van der Waals surface area contributed by atoms with Gasteiger partial charge < -0.3 is 10.4 Å². The van der Waals surface area contributed by atoms with Gasteiger partial charge in [0.1, 0.15) is 6.04 Å². The minimum absolute atomic E-state index is 0.0165. The van der Waals surface area contributed by atoms with Crippen LogP contribution in [0.4, 0.5) is 0 Å². The SMILES string of the molecule is CCCCC(C)CC(=O)N[C@H](CC[C]=O)C(=O)O. The predicted octanol–water partition coefficient (Wildman–Crippen LogP) is 1.66. The first kappa shape index (κ1) is 16.6. The molecule has 0 fully saturated rings. The zero-order valence-corrected chi connectivity index (χ0v) is 11.1. The van der Waals surface area contributed by atoms with Gasteiger partial charge >= 0.3 is 5.97 Å². The molecule has 0 heterocycles. The average Bonchev–Trinajstić information content (AvgIpc) is 2.31. The molecular formula is C13H22NO4. The van der Waals surface area contributed by atoms with Crippen LogP contribution in [-0.2, 0) is 14.4 Å². The second kappa shape index (κ2) is 9.62. The zero-order chi connectivity index (χ0) is 14.0. The summed E-state index contributed by atoms with van der Waals surface area (Å²) >= 11 is 0. The Balaban J connectivity index is 4.08. The van der Waals surface area contributed by atoms with Gasteiger partial charge in [0, 0.05) is 12.8 Å². The highest BCUT2D eigenvalue weighted by Gasteiger charge is 2.20. The van der Waals surface area contributed by atoms with E-state index in [1.54, 1.807) is 6.29 Å². The largest absolute Gasteiger partial charge is 0.480 e. The summed E-state index contributed by atoms with van der Waals surface area (Å²) in [5, 5.41) is 11.3. The highest BCUT2D eigenvalue weighted by Crippen LogP contribution is 2.11. The van der Waals surface area contributed by atoms with Gasteiger partial charge in [0.15, 0.2) is 6.29 Å². The van der Waals surface area contributed by atoms with Gasteiger partial charge in [-0.05, 0) is 12.3 Å². The van der Waals surface area contributed by atoms with Crippen LogP contribution < -0.4 is 5.32 Å². The van der Waals surface area contributed by atoms with Gasteiger partial charge in [0.25, 0.3) is 0 Å². The monoisotopic (exact) mass is 256 g/mol. The first-order valence-electron chi connectivity index (χ1n) is 6.38. The zero-order valence-electron chi connectivity index (χ0n) is 11.1. The maximum atomic E-state index is 11.6. The van der Waals surface area contributed by atoms with Crippen molar-refractivity contribution in [1.82, 2.24) is 5.32 Å². The van der Waals surface area contributed by atoms with Crippen molar-refractivity contribution in [2.45, 2.75) is 58.4 Å².